The van der Waals surface area contributed by atoms with Crippen LogP contribution in [0.4, 0.5) is 18.0 Å². The highest BCUT2D eigenvalue weighted by Crippen LogP contribution is 2.44. The van der Waals surface area contributed by atoms with E-state index in [1.807, 2.05) is 48.5 Å². The molecule has 0 spiro atoms. The van der Waals surface area contributed by atoms with E-state index in [1.165, 1.54) is 19.2 Å². The van der Waals surface area contributed by atoms with Crippen LogP contribution < -0.4 is 0 Å². The number of fused-ring (bicyclic) bond motifs is 3. The third-order valence-corrected chi connectivity index (χ3v) is 6.48. The van der Waals surface area contributed by atoms with Gasteiger partial charge in [-0.25, -0.2) is 9.59 Å². The summed E-state index contributed by atoms with van der Waals surface area (Å²) in [6.45, 7) is 5.17. The van der Waals surface area contributed by atoms with E-state index in [4.69, 9.17) is 9.47 Å². The van der Waals surface area contributed by atoms with Crippen molar-refractivity contribution in [2.45, 2.75) is 50.9 Å². The van der Waals surface area contributed by atoms with Crippen LogP contribution in [-0.4, -0.2) is 42.3 Å². The van der Waals surface area contributed by atoms with Crippen LogP contribution in [0.1, 0.15) is 48.9 Å². The van der Waals surface area contributed by atoms with Gasteiger partial charge in [-0.1, -0.05) is 60.7 Å². The fourth-order valence-corrected chi connectivity index (χ4v) is 4.62. The van der Waals surface area contributed by atoms with E-state index in [-0.39, 0.29) is 18.9 Å². The molecule has 38 heavy (non-hydrogen) atoms. The van der Waals surface area contributed by atoms with Crippen molar-refractivity contribution in [1.82, 2.24) is 4.90 Å². The summed E-state index contributed by atoms with van der Waals surface area (Å²) in [5, 5.41) is 0. The van der Waals surface area contributed by atoms with Crippen LogP contribution in [0.2, 0.25) is 0 Å². The summed E-state index contributed by atoms with van der Waals surface area (Å²) >= 11 is 0. The normalized spacial score (nSPS) is 13.9. The lowest BCUT2D eigenvalue weighted by atomic mass is 9.98. The highest BCUT2D eigenvalue weighted by molar-refractivity contribution is 5.82. The zero-order valence-corrected chi connectivity index (χ0v) is 21.7. The molecule has 3 aromatic carbocycles. The van der Waals surface area contributed by atoms with Crippen LogP contribution in [0.3, 0.4) is 0 Å². The molecule has 1 aliphatic rings. The smallest absolute Gasteiger partial charge is 0.416 e. The van der Waals surface area contributed by atoms with Gasteiger partial charge in [-0.15, -0.1) is 0 Å². The van der Waals surface area contributed by atoms with Crippen molar-refractivity contribution in [1.29, 1.82) is 0 Å². The fraction of sp³-hybridized carbons (Fsp3) is 0.333. The molecule has 1 unspecified atom stereocenters. The molecule has 1 amide bonds. The molecule has 3 aromatic rings. The Balaban J connectivity index is 1.52. The Hall–Kier alpha value is -3.81. The maximum atomic E-state index is 13.2. The monoisotopic (exact) mass is 525 g/mol. The lowest BCUT2D eigenvalue weighted by Gasteiger charge is -2.30. The first-order valence-corrected chi connectivity index (χ1v) is 12.3. The highest BCUT2D eigenvalue weighted by atomic mass is 19.4. The topological polar surface area (TPSA) is 55.8 Å². The quantitative estimate of drug-likeness (QED) is 0.331. The number of halogens is 3. The first-order chi connectivity index (χ1) is 17.8. The molecular weight excluding hydrogens is 495 g/mol. The summed E-state index contributed by atoms with van der Waals surface area (Å²) in [5.74, 6) is -0.831. The van der Waals surface area contributed by atoms with Gasteiger partial charge in [-0.3, -0.25) is 4.90 Å². The van der Waals surface area contributed by atoms with Gasteiger partial charge in [0, 0.05) is 19.4 Å². The molecule has 0 saturated carbocycles. The number of carbonyl (C=O) groups is 2. The lowest BCUT2D eigenvalue weighted by molar-refractivity contribution is -0.160. The summed E-state index contributed by atoms with van der Waals surface area (Å²) in [5.41, 5.74) is 3.12. The Morgan fingerprint density at radius 1 is 0.868 bits per heavy atom. The number of alkyl halides is 3. The maximum Gasteiger partial charge on any atom is 0.416 e. The average molecular weight is 526 g/mol. The molecule has 8 heteroatoms. The van der Waals surface area contributed by atoms with E-state index in [2.05, 4.69) is 0 Å². The number of nitrogens with zero attached hydrogens (tertiary/aromatic N) is 1. The zero-order valence-electron chi connectivity index (χ0n) is 21.7. The lowest BCUT2D eigenvalue weighted by Crippen LogP contribution is -2.47. The van der Waals surface area contributed by atoms with Gasteiger partial charge in [-0.2, -0.15) is 13.2 Å². The maximum absolute atomic E-state index is 13.2. The Morgan fingerprint density at radius 3 is 1.89 bits per heavy atom. The third-order valence-electron chi connectivity index (χ3n) is 6.48. The van der Waals surface area contributed by atoms with Crippen molar-refractivity contribution in [3.05, 3.63) is 95.1 Å². The number of likely N-dealkylation sites (N-methyl/N-ethyl adjacent to an activating group) is 1. The number of benzene rings is 3. The van der Waals surface area contributed by atoms with Crippen molar-refractivity contribution < 1.29 is 32.2 Å². The number of amides is 1. The summed E-state index contributed by atoms with van der Waals surface area (Å²) in [6.07, 6.45) is -5.23. The number of esters is 1. The Bertz CT molecular complexity index is 1270. The van der Waals surface area contributed by atoms with Crippen molar-refractivity contribution >= 4 is 12.1 Å². The van der Waals surface area contributed by atoms with Crippen molar-refractivity contribution in [3.8, 4) is 11.1 Å². The molecule has 0 fully saturated rings. The molecule has 0 aliphatic heterocycles. The molecule has 1 aliphatic carbocycles. The molecule has 4 rings (SSSR count). The summed E-state index contributed by atoms with van der Waals surface area (Å²) in [6, 6.07) is 19.3. The molecule has 200 valence electrons. The van der Waals surface area contributed by atoms with Gasteiger partial charge in [0.05, 0.1) is 5.56 Å². The number of rotatable bonds is 6. The van der Waals surface area contributed by atoms with Gasteiger partial charge in [0.25, 0.3) is 0 Å². The van der Waals surface area contributed by atoms with E-state index in [9.17, 15) is 22.8 Å². The fourth-order valence-electron chi connectivity index (χ4n) is 4.62. The third kappa shape index (κ3) is 6.01. The number of carbonyl (C=O) groups excluding carboxylic acids is 2. The van der Waals surface area contributed by atoms with Crippen LogP contribution in [0.5, 0.6) is 0 Å². The van der Waals surface area contributed by atoms with Gasteiger partial charge in [-0.05, 0) is 60.7 Å². The molecule has 0 N–H and O–H groups in total. The van der Waals surface area contributed by atoms with Gasteiger partial charge in [0.15, 0.2) is 0 Å². The Labute approximate surface area is 220 Å². The van der Waals surface area contributed by atoms with E-state index in [0.717, 1.165) is 39.3 Å². The van der Waals surface area contributed by atoms with E-state index in [0.29, 0.717) is 5.56 Å². The van der Waals surface area contributed by atoms with Crippen LogP contribution in [0, 0.1) is 0 Å². The van der Waals surface area contributed by atoms with E-state index < -0.39 is 35.4 Å². The number of hydrogen-bond acceptors (Lipinski definition) is 4. The Kier molecular flexibility index (Phi) is 7.54. The minimum absolute atomic E-state index is 0.0340. The molecule has 1 atom stereocenters. The first-order valence-electron chi connectivity index (χ1n) is 12.3. The SMILES string of the molecule is CN(C(=O)OCC1c2ccccc2-c2ccccc21)C(Cc1ccc(C(F)(F)F)cc1)C(=O)OC(C)(C)C. The molecule has 0 heterocycles. The van der Waals surface area contributed by atoms with E-state index >= 15 is 0 Å². The molecule has 0 aromatic heterocycles. The molecule has 0 radical (unpaired) electrons. The molecule has 0 saturated heterocycles. The summed E-state index contributed by atoms with van der Waals surface area (Å²) in [7, 11) is 1.43. The Morgan fingerprint density at radius 2 is 1.39 bits per heavy atom. The van der Waals surface area contributed by atoms with Crippen molar-refractivity contribution in [3.63, 3.8) is 0 Å². The molecule has 0 bridgehead atoms. The average Bonchev–Trinajstić information content (AvgIpc) is 3.18. The minimum atomic E-state index is -4.47. The molecular formula is C30H30F3NO4. The number of hydrogen-bond donors (Lipinski definition) is 0. The molecule has 5 nitrogen and oxygen atoms in total. The zero-order chi connectivity index (χ0) is 27.7. The second kappa shape index (κ2) is 10.5. The predicted octanol–water partition coefficient (Wildman–Crippen LogP) is 6.84. The van der Waals surface area contributed by atoms with Gasteiger partial charge in [0.1, 0.15) is 18.2 Å². The standard InChI is InChI=1S/C30H30F3NO4/c1-29(2,3)38-27(35)26(17-19-13-15-20(16-14-19)30(31,32)33)34(4)28(36)37-18-25-23-11-7-5-9-21(23)22-10-6-8-12-24(22)25/h5-16,25-26H,17-18H2,1-4H3. The van der Waals surface area contributed by atoms with Crippen LogP contribution in [0.15, 0.2) is 72.8 Å². The van der Waals surface area contributed by atoms with Crippen molar-refractivity contribution in [2.75, 3.05) is 13.7 Å². The second-order valence-corrected chi connectivity index (χ2v) is 10.4. The van der Waals surface area contributed by atoms with Gasteiger partial charge >= 0.3 is 18.2 Å². The van der Waals surface area contributed by atoms with E-state index in [1.54, 1.807) is 20.8 Å². The predicted molar refractivity (Wildman–Crippen MR) is 138 cm³/mol. The van der Waals surface area contributed by atoms with Gasteiger partial charge < -0.3 is 9.47 Å². The summed E-state index contributed by atoms with van der Waals surface area (Å²) < 4.78 is 50.2. The van der Waals surface area contributed by atoms with Crippen LogP contribution >= 0.6 is 0 Å². The summed E-state index contributed by atoms with van der Waals surface area (Å²) in [4.78, 5) is 27.4. The highest BCUT2D eigenvalue weighted by Gasteiger charge is 2.35. The second-order valence-electron chi connectivity index (χ2n) is 10.4. The van der Waals surface area contributed by atoms with Crippen LogP contribution in [-0.2, 0) is 26.9 Å². The number of ether oxygens (including phenoxy) is 2. The minimum Gasteiger partial charge on any atom is -0.458 e. The van der Waals surface area contributed by atoms with Crippen LogP contribution in [0.25, 0.3) is 11.1 Å². The first kappa shape index (κ1) is 27.2. The van der Waals surface area contributed by atoms with Gasteiger partial charge in [0.2, 0.25) is 0 Å². The largest absolute Gasteiger partial charge is 0.458 e. The van der Waals surface area contributed by atoms with Crippen molar-refractivity contribution in [2.24, 2.45) is 0 Å².